The molecule has 1 aromatic heterocycles. The lowest BCUT2D eigenvalue weighted by Crippen LogP contribution is -2.31. The van der Waals surface area contributed by atoms with Gasteiger partial charge in [-0.05, 0) is 60.6 Å². The fraction of sp³-hybridized carbons (Fsp3) is 0.286. The molecule has 25 heavy (non-hydrogen) atoms. The highest BCUT2D eigenvalue weighted by Crippen LogP contribution is 2.31. The number of fused-ring (bicyclic) bond motifs is 2. The van der Waals surface area contributed by atoms with Gasteiger partial charge in [0, 0.05) is 28.5 Å². The Labute approximate surface area is 152 Å². The van der Waals surface area contributed by atoms with Gasteiger partial charge in [-0.1, -0.05) is 35.9 Å². The number of carbonyl (C=O) groups is 1. The molecular weight excluding hydrogens is 332 g/mol. The van der Waals surface area contributed by atoms with E-state index in [9.17, 15) is 4.79 Å². The number of aromatic nitrogens is 1. The smallest absolute Gasteiger partial charge is 0.220 e. The van der Waals surface area contributed by atoms with Gasteiger partial charge in [-0.3, -0.25) is 4.79 Å². The van der Waals surface area contributed by atoms with Crippen LogP contribution in [0.2, 0.25) is 5.02 Å². The van der Waals surface area contributed by atoms with Crippen LogP contribution in [-0.2, 0) is 17.6 Å². The van der Waals surface area contributed by atoms with Crippen molar-refractivity contribution < 1.29 is 4.79 Å². The molecule has 2 aromatic carbocycles. The van der Waals surface area contributed by atoms with E-state index in [1.165, 1.54) is 22.1 Å². The van der Waals surface area contributed by atoms with Crippen LogP contribution in [0, 0.1) is 0 Å². The molecule has 1 aliphatic rings. The van der Waals surface area contributed by atoms with Crippen molar-refractivity contribution in [1.82, 2.24) is 10.3 Å². The summed E-state index contributed by atoms with van der Waals surface area (Å²) >= 11 is 6.15. The first-order valence-electron chi connectivity index (χ1n) is 8.83. The minimum atomic E-state index is 0.0814. The van der Waals surface area contributed by atoms with Crippen molar-refractivity contribution >= 4 is 28.4 Å². The Hall–Kier alpha value is -2.26. The van der Waals surface area contributed by atoms with Crippen LogP contribution in [0.25, 0.3) is 10.9 Å². The number of nitrogens with one attached hydrogen (secondary N) is 2. The van der Waals surface area contributed by atoms with Gasteiger partial charge in [0.25, 0.3) is 0 Å². The highest BCUT2D eigenvalue weighted by Gasteiger charge is 2.22. The van der Waals surface area contributed by atoms with Crippen molar-refractivity contribution in [2.45, 2.75) is 38.1 Å². The molecule has 0 saturated heterocycles. The number of rotatable bonds is 4. The lowest BCUT2D eigenvalue weighted by molar-refractivity contribution is -0.121. The SMILES string of the molecule is O=C(CCc1c[nH]c2ccccc12)N[C@@H]1CCCc2ccc(Cl)cc21. The summed E-state index contributed by atoms with van der Waals surface area (Å²) in [5.74, 6) is 0.100. The van der Waals surface area contributed by atoms with Gasteiger partial charge in [0.1, 0.15) is 0 Å². The van der Waals surface area contributed by atoms with Crippen molar-refractivity contribution in [2.24, 2.45) is 0 Å². The molecule has 0 aliphatic heterocycles. The molecule has 4 rings (SSSR count). The molecule has 3 nitrogen and oxygen atoms in total. The summed E-state index contributed by atoms with van der Waals surface area (Å²) < 4.78 is 0. The van der Waals surface area contributed by atoms with E-state index < -0.39 is 0 Å². The topological polar surface area (TPSA) is 44.9 Å². The standard InChI is InChI=1S/C21H21ClN2O/c22-16-10-8-14-4-3-7-20(18(14)12-16)24-21(25)11-9-15-13-23-19-6-2-1-5-17(15)19/h1-2,5-6,8,10,12-13,20,23H,3-4,7,9,11H2,(H,24,25)/t20-/m1/s1. The van der Waals surface area contributed by atoms with Gasteiger partial charge in [0.15, 0.2) is 0 Å². The van der Waals surface area contributed by atoms with Gasteiger partial charge in [-0.15, -0.1) is 0 Å². The van der Waals surface area contributed by atoms with Crippen molar-refractivity contribution in [3.05, 3.63) is 70.4 Å². The zero-order chi connectivity index (χ0) is 17.2. The number of hydrogen-bond acceptors (Lipinski definition) is 1. The first-order valence-corrected chi connectivity index (χ1v) is 9.21. The zero-order valence-corrected chi connectivity index (χ0v) is 14.8. The van der Waals surface area contributed by atoms with Crippen LogP contribution < -0.4 is 5.32 Å². The Bertz CT molecular complexity index is 915. The van der Waals surface area contributed by atoms with Crippen LogP contribution >= 0.6 is 11.6 Å². The van der Waals surface area contributed by atoms with Crippen molar-refractivity contribution in [3.8, 4) is 0 Å². The number of H-pyrrole nitrogens is 1. The first-order chi connectivity index (χ1) is 12.2. The Balaban J connectivity index is 1.42. The monoisotopic (exact) mass is 352 g/mol. The second-order valence-electron chi connectivity index (χ2n) is 6.71. The Morgan fingerprint density at radius 3 is 3.04 bits per heavy atom. The van der Waals surface area contributed by atoms with Gasteiger partial charge in [-0.25, -0.2) is 0 Å². The fourth-order valence-electron chi connectivity index (χ4n) is 3.77. The fourth-order valence-corrected chi connectivity index (χ4v) is 3.95. The second kappa shape index (κ2) is 6.93. The minimum absolute atomic E-state index is 0.0814. The lowest BCUT2D eigenvalue weighted by atomic mass is 9.87. The molecule has 3 aromatic rings. The summed E-state index contributed by atoms with van der Waals surface area (Å²) in [7, 11) is 0. The van der Waals surface area contributed by atoms with Gasteiger partial charge in [0.2, 0.25) is 5.91 Å². The van der Waals surface area contributed by atoms with Crippen LogP contribution in [0.5, 0.6) is 0 Å². The van der Waals surface area contributed by atoms with Crippen LogP contribution in [0.1, 0.15) is 42.0 Å². The van der Waals surface area contributed by atoms with Crippen LogP contribution in [0.4, 0.5) is 0 Å². The highest BCUT2D eigenvalue weighted by molar-refractivity contribution is 6.30. The number of carbonyl (C=O) groups excluding carboxylic acids is 1. The molecule has 0 fully saturated rings. The van der Waals surface area contributed by atoms with E-state index in [2.05, 4.69) is 28.5 Å². The number of aryl methyl sites for hydroxylation is 2. The Kier molecular flexibility index (Phi) is 4.50. The van der Waals surface area contributed by atoms with E-state index in [1.807, 2.05) is 30.5 Å². The van der Waals surface area contributed by atoms with E-state index in [1.54, 1.807) is 0 Å². The van der Waals surface area contributed by atoms with Gasteiger partial charge >= 0.3 is 0 Å². The maximum atomic E-state index is 12.5. The summed E-state index contributed by atoms with van der Waals surface area (Å²) in [6.45, 7) is 0. The number of halogens is 1. The molecule has 0 bridgehead atoms. The quantitative estimate of drug-likeness (QED) is 0.685. The Morgan fingerprint density at radius 2 is 2.12 bits per heavy atom. The molecule has 0 spiro atoms. The minimum Gasteiger partial charge on any atom is -0.361 e. The van der Waals surface area contributed by atoms with Crippen LogP contribution in [0.3, 0.4) is 0 Å². The number of hydrogen-bond donors (Lipinski definition) is 2. The Morgan fingerprint density at radius 1 is 1.24 bits per heavy atom. The van der Waals surface area contributed by atoms with Crippen molar-refractivity contribution in [1.29, 1.82) is 0 Å². The molecule has 0 radical (unpaired) electrons. The average Bonchev–Trinajstić information content (AvgIpc) is 3.04. The molecule has 1 atom stereocenters. The number of amides is 1. The molecule has 1 heterocycles. The summed E-state index contributed by atoms with van der Waals surface area (Å²) in [5.41, 5.74) is 4.79. The maximum Gasteiger partial charge on any atom is 0.220 e. The average molecular weight is 353 g/mol. The van der Waals surface area contributed by atoms with Crippen molar-refractivity contribution in [2.75, 3.05) is 0 Å². The molecule has 0 unspecified atom stereocenters. The van der Waals surface area contributed by atoms with Gasteiger partial charge in [-0.2, -0.15) is 0 Å². The number of benzene rings is 2. The normalized spacial score (nSPS) is 16.6. The maximum absolute atomic E-state index is 12.5. The van der Waals surface area contributed by atoms with Crippen LogP contribution in [0.15, 0.2) is 48.7 Å². The van der Waals surface area contributed by atoms with E-state index in [-0.39, 0.29) is 11.9 Å². The molecule has 128 valence electrons. The predicted molar refractivity (Wildman–Crippen MR) is 102 cm³/mol. The molecule has 2 N–H and O–H groups in total. The summed E-state index contributed by atoms with van der Waals surface area (Å²) in [6, 6.07) is 14.3. The lowest BCUT2D eigenvalue weighted by Gasteiger charge is -2.26. The zero-order valence-electron chi connectivity index (χ0n) is 14.0. The third-order valence-electron chi connectivity index (χ3n) is 5.05. The van der Waals surface area contributed by atoms with Gasteiger partial charge in [0.05, 0.1) is 6.04 Å². The van der Waals surface area contributed by atoms with Crippen LogP contribution in [-0.4, -0.2) is 10.9 Å². The van der Waals surface area contributed by atoms with E-state index in [4.69, 9.17) is 11.6 Å². The molecule has 1 amide bonds. The van der Waals surface area contributed by atoms with E-state index >= 15 is 0 Å². The summed E-state index contributed by atoms with van der Waals surface area (Å²) in [5, 5.41) is 5.14. The third kappa shape index (κ3) is 3.42. The first kappa shape index (κ1) is 16.2. The molecule has 4 heteroatoms. The third-order valence-corrected chi connectivity index (χ3v) is 5.29. The molecule has 0 saturated carbocycles. The summed E-state index contributed by atoms with van der Waals surface area (Å²) in [4.78, 5) is 15.7. The molecular formula is C21H21ClN2O. The number of aromatic amines is 1. The second-order valence-corrected chi connectivity index (χ2v) is 7.15. The van der Waals surface area contributed by atoms with Crippen molar-refractivity contribution in [3.63, 3.8) is 0 Å². The molecule has 1 aliphatic carbocycles. The predicted octanol–water partition coefficient (Wildman–Crippen LogP) is 4.95. The van der Waals surface area contributed by atoms with Gasteiger partial charge < -0.3 is 10.3 Å². The van der Waals surface area contributed by atoms with E-state index in [0.717, 1.165) is 36.2 Å². The van der Waals surface area contributed by atoms with E-state index in [0.29, 0.717) is 6.42 Å². The summed E-state index contributed by atoms with van der Waals surface area (Å²) in [6.07, 6.45) is 6.38. The highest BCUT2D eigenvalue weighted by atomic mass is 35.5. The largest absolute Gasteiger partial charge is 0.361 e. The number of para-hydroxylation sites is 1.